The van der Waals surface area contributed by atoms with E-state index < -0.39 is 18.5 Å². The molecule has 1 heterocycles. The van der Waals surface area contributed by atoms with Crippen LogP contribution in [0.4, 0.5) is 22.0 Å². The Balaban J connectivity index is 2.35. The molecule has 1 N–H and O–H groups in total. The van der Waals surface area contributed by atoms with E-state index in [4.69, 9.17) is 0 Å². The van der Waals surface area contributed by atoms with Crippen LogP contribution in [-0.4, -0.2) is 25.2 Å². The Hall–Kier alpha value is -0.390. The standard InChI is InChI=1S/C9H14F5N/c10-8(11,9(12,13)14)4-1-7-2-5-15-6-3-7/h7,15H,1-6H2. The molecule has 0 saturated carbocycles. The number of rotatable bonds is 3. The van der Waals surface area contributed by atoms with Crippen molar-refractivity contribution in [3.8, 4) is 0 Å². The number of halogens is 5. The molecule has 0 amide bonds. The van der Waals surface area contributed by atoms with E-state index in [0.29, 0.717) is 25.9 Å². The zero-order valence-corrected chi connectivity index (χ0v) is 8.21. The van der Waals surface area contributed by atoms with Crippen molar-refractivity contribution in [1.29, 1.82) is 0 Å². The molecule has 1 aliphatic heterocycles. The lowest BCUT2D eigenvalue weighted by Crippen LogP contribution is -2.37. The fraction of sp³-hybridized carbons (Fsp3) is 1.00. The maximum absolute atomic E-state index is 12.5. The van der Waals surface area contributed by atoms with E-state index in [9.17, 15) is 22.0 Å². The molecular weight excluding hydrogens is 217 g/mol. The van der Waals surface area contributed by atoms with Crippen molar-refractivity contribution in [1.82, 2.24) is 5.32 Å². The molecule has 15 heavy (non-hydrogen) atoms. The molecule has 0 aromatic carbocycles. The van der Waals surface area contributed by atoms with Crippen molar-refractivity contribution in [2.24, 2.45) is 5.92 Å². The van der Waals surface area contributed by atoms with E-state index >= 15 is 0 Å². The summed E-state index contributed by atoms with van der Waals surface area (Å²) in [6.07, 6.45) is -5.16. The van der Waals surface area contributed by atoms with Gasteiger partial charge in [-0.05, 0) is 38.3 Å². The first-order chi connectivity index (χ1) is 6.83. The summed E-state index contributed by atoms with van der Waals surface area (Å²) in [7, 11) is 0. The van der Waals surface area contributed by atoms with Crippen molar-refractivity contribution < 1.29 is 22.0 Å². The van der Waals surface area contributed by atoms with Gasteiger partial charge >= 0.3 is 12.1 Å². The third kappa shape index (κ3) is 3.59. The highest BCUT2D eigenvalue weighted by atomic mass is 19.4. The van der Waals surface area contributed by atoms with E-state index in [1.54, 1.807) is 0 Å². The van der Waals surface area contributed by atoms with E-state index in [1.165, 1.54) is 0 Å². The van der Waals surface area contributed by atoms with Crippen LogP contribution in [0.3, 0.4) is 0 Å². The topological polar surface area (TPSA) is 12.0 Å². The third-order valence-corrected chi connectivity index (χ3v) is 2.74. The lowest BCUT2D eigenvalue weighted by Gasteiger charge is -2.25. The molecule has 0 unspecified atom stereocenters. The summed E-state index contributed by atoms with van der Waals surface area (Å²) in [5.41, 5.74) is 0. The Kier molecular flexibility index (Phi) is 3.92. The van der Waals surface area contributed by atoms with Crippen molar-refractivity contribution in [3.05, 3.63) is 0 Å². The number of piperidine rings is 1. The maximum Gasteiger partial charge on any atom is 0.453 e. The molecule has 0 aromatic heterocycles. The van der Waals surface area contributed by atoms with Gasteiger partial charge in [-0.1, -0.05) is 0 Å². The number of alkyl halides is 5. The minimum atomic E-state index is -5.40. The van der Waals surface area contributed by atoms with Gasteiger partial charge in [0.2, 0.25) is 0 Å². The summed E-state index contributed by atoms with van der Waals surface area (Å²) in [6, 6.07) is 0. The van der Waals surface area contributed by atoms with Crippen LogP contribution in [0.2, 0.25) is 0 Å². The van der Waals surface area contributed by atoms with Crippen LogP contribution in [-0.2, 0) is 0 Å². The predicted molar refractivity (Wildman–Crippen MR) is 45.8 cm³/mol. The molecule has 1 nitrogen and oxygen atoms in total. The predicted octanol–water partition coefficient (Wildman–Crippen LogP) is 2.96. The van der Waals surface area contributed by atoms with Gasteiger partial charge in [-0.3, -0.25) is 0 Å². The number of hydrogen-bond donors (Lipinski definition) is 1. The first-order valence-corrected chi connectivity index (χ1v) is 4.98. The van der Waals surface area contributed by atoms with Gasteiger partial charge in [0.25, 0.3) is 0 Å². The van der Waals surface area contributed by atoms with Gasteiger partial charge in [0, 0.05) is 6.42 Å². The molecule has 1 aliphatic rings. The van der Waals surface area contributed by atoms with E-state index in [2.05, 4.69) is 5.32 Å². The summed E-state index contributed by atoms with van der Waals surface area (Å²) in [6.45, 7) is 1.42. The Bertz CT molecular complexity index is 195. The Morgan fingerprint density at radius 3 is 2.00 bits per heavy atom. The third-order valence-electron chi connectivity index (χ3n) is 2.74. The molecule has 0 atom stereocenters. The molecule has 0 bridgehead atoms. The highest BCUT2D eigenvalue weighted by Crippen LogP contribution is 2.40. The fourth-order valence-electron chi connectivity index (χ4n) is 1.70. The molecule has 90 valence electrons. The van der Waals surface area contributed by atoms with Gasteiger partial charge in [-0.25, -0.2) is 0 Å². The zero-order chi connectivity index (χ0) is 11.5. The van der Waals surface area contributed by atoms with Gasteiger partial charge in [-0.2, -0.15) is 22.0 Å². The van der Waals surface area contributed by atoms with Gasteiger partial charge < -0.3 is 5.32 Å². The number of nitrogens with one attached hydrogen (secondary N) is 1. The van der Waals surface area contributed by atoms with Crippen LogP contribution < -0.4 is 5.32 Å². The second-order valence-corrected chi connectivity index (χ2v) is 3.93. The van der Waals surface area contributed by atoms with Crippen molar-refractivity contribution >= 4 is 0 Å². The summed E-state index contributed by atoms with van der Waals surface area (Å²) in [5, 5.41) is 3.03. The highest BCUT2D eigenvalue weighted by Gasteiger charge is 2.56. The normalized spacial score (nSPS) is 20.6. The molecular formula is C9H14F5N. The Morgan fingerprint density at radius 1 is 1.00 bits per heavy atom. The molecule has 0 aromatic rings. The van der Waals surface area contributed by atoms with Crippen LogP contribution >= 0.6 is 0 Å². The monoisotopic (exact) mass is 231 g/mol. The molecule has 0 aliphatic carbocycles. The van der Waals surface area contributed by atoms with Crippen LogP contribution in [0.1, 0.15) is 25.7 Å². The fourth-order valence-corrected chi connectivity index (χ4v) is 1.70. The quantitative estimate of drug-likeness (QED) is 0.736. The van der Waals surface area contributed by atoms with E-state index in [-0.39, 0.29) is 12.3 Å². The first kappa shape index (κ1) is 12.7. The summed E-state index contributed by atoms with van der Waals surface area (Å²) in [4.78, 5) is 0. The second kappa shape index (κ2) is 4.63. The Labute approximate surface area is 85.0 Å². The van der Waals surface area contributed by atoms with E-state index in [0.717, 1.165) is 0 Å². The summed E-state index contributed by atoms with van der Waals surface area (Å²) < 4.78 is 60.6. The highest BCUT2D eigenvalue weighted by molar-refractivity contribution is 4.78. The van der Waals surface area contributed by atoms with Gasteiger partial charge in [-0.15, -0.1) is 0 Å². The minimum Gasteiger partial charge on any atom is -0.317 e. The smallest absolute Gasteiger partial charge is 0.317 e. The second-order valence-electron chi connectivity index (χ2n) is 3.93. The summed E-state index contributed by atoms with van der Waals surface area (Å²) >= 11 is 0. The van der Waals surface area contributed by atoms with Crippen molar-refractivity contribution in [3.63, 3.8) is 0 Å². The largest absolute Gasteiger partial charge is 0.453 e. The summed E-state index contributed by atoms with van der Waals surface area (Å²) in [5.74, 6) is -4.53. The van der Waals surface area contributed by atoms with Crippen LogP contribution in [0.5, 0.6) is 0 Å². The lowest BCUT2D eigenvalue weighted by atomic mass is 9.91. The average molecular weight is 231 g/mol. The van der Waals surface area contributed by atoms with Gasteiger partial charge in [0.15, 0.2) is 0 Å². The van der Waals surface area contributed by atoms with Gasteiger partial charge in [0.05, 0.1) is 0 Å². The number of hydrogen-bond acceptors (Lipinski definition) is 1. The molecule has 1 fully saturated rings. The van der Waals surface area contributed by atoms with Gasteiger partial charge in [0.1, 0.15) is 0 Å². The molecule has 0 spiro atoms. The van der Waals surface area contributed by atoms with Crippen molar-refractivity contribution in [2.45, 2.75) is 37.8 Å². The SMILES string of the molecule is FC(F)(F)C(F)(F)CCC1CCNCC1. The maximum atomic E-state index is 12.5. The first-order valence-electron chi connectivity index (χ1n) is 4.98. The van der Waals surface area contributed by atoms with Crippen LogP contribution in [0.25, 0.3) is 0 Å². The van der Waals surface area contributed by atoms with Crippen LogP contribution in [0.15, 0.2) is 0 Å². The molecule has 1 saturated heterocycles. The molecule has 0 radical (unpaired) electrons. The molecule has 6 heteroatoms. The lowest BCUT2D eigenvalue weighted by molar-refractivity contribution is -0.285. The van der Waals surface area contributed by atoms with Crippen molar-refractivity contribution in [2.75, 3.05) is 13.1 Å². The molecule has 1 rings (SSSR count). The minimum absolute atomic E-state index is 0.000486. The average Bonchev–Trinajstić information content (AvgIpc) is 2.15. The van der Waals surface area contributed by atoms with E-state index in [1.807, 2.05) is 0 Å². The van der Waals surface area contributed by atoms with Crippen LogP contribution in [0, 0.1) is 5.92 Å². The Morgan fingerprint density at radius 2 is 1.53 bits per heavy atom. The zero-order valence-electron chi connectivity index (χ0n) is 8.21.